The Morgan fingerprint density at radius 2 is 1.38 bits per heavy atom. The number of para-hydroxylation sites is 1. The van der Waals surface area contributed by atoms with Crippen molar-refractivity contribution in [3.63, 3.8) is 0 Å². The maximum atomic E-state index is 2.57. The van der Waals surface area contributed by atoms with Gasteiger partial charge >= 0.3 is 0 Å². The molecule has 1 atom stereocenters. The minimum absolute atomic E-state index is 0.0891. The van der Waals surface area contributed by atoms with Gasteiger partial charge in [0.15, 0.2) is 0 Å². The largest absolute Gasteiger partial charge is 0.313 e. The molecular weight excluding hydrogens is 623 g/mol. The van der Waals surface area contributed by atoms with Crippen LogP contribution in [0.4, 0.5) is 0 Å². The highest BCUT2D eigenvalue weighted by Crippen LogP contribution is 2.54. The van der Waals surface area contributed by atoms with Crippen LogP contribution in [0.5, 0.6) is 0 Å². The lowest BCUT2D eigenvalue weighted by atomic mass is 9.82. The molecule has 2 heterocycles. The Labute approximate surface area is 295 Å². The van der Waals surface area contributed by atoms with Crippen LogP contribution in [0.15, 0.2) is 133 Å². The zero-order valence-corrected chi connectivity index (χ0v) is 29.2. The number of benzene rings is 7. The summed E-state index contributed by atoms with van der Waals surface area (Å²) in [6, 6.07) is 50.2. The molecule has 9 aromatic rings. The van der Waals surface area contributed by atoms with Gasteiger partial charge in [-0.1, -0.05) is 124 Å². The van der Waals surface area contributed by atoms with Crippen LogP contribution in [0, 0.1) is 0 Å². The standard InChI is InChI=1S/C48H35NS/c1-28-24-32(30-18-20-35-31(25-30)17-16-29-10-4-5-11-34(29)35)26-40-36-12-6-8-14-43(36)49(46(28)40)33-19-21-39-42(27-33)48(2,3)41-23-22-38-37-13-7-9-15-44(37)50-47(38)45(39)41/h4-23,25-28H,24H2,1-3H3. The first-order valence-corrected chi connectivity index (χ1v) is 18.6. The number of hydrogen-bond donors (Lipinski definition) is 0. The molecule has 0 spiro atoms. The maximum absolute atomic E-state index is 2.57. The number of rotatable bonds is 2. The number of hydrogen-bond acceptors (Lipinski definition) is 1. The monoisotopic (exact) mass is 657 g/mol. The van der Waals surface area contributed by atoms with Crippen molar-refractivity contribution >= 4 is 75.6 Å². The number of allylic oxidation sites excluding steroid dienone is 1. The second-order valence-corrected chi connectivity index (χ2v) is 16.0. The van der Waals surface area contributed by atoms with Crippen molar-refractivity contribution in [1.29, 1.82) is 0 Å². The summed E-state index contributed by atoms with van der Waals surface area (Å²) in [5.74, 6) is 0.362. The molecule has 1 unspecified atom stereocenters. The van der Waals surface area contributed by atoms with Crippen LogP contribution >= 0.6 is 11.3 Å². The van der Waals surface area contributed by atoms with E-state index >= 15 is 0 Å². The molecule has 1 nitrogen and oxygen atoms in total. The summed E-state index contributed by atoms with van der Waals surface area (Å²) in [5, 5.41) is 9.31. The summed E-state index contributed by atoms with van der Waals surface area (Å²) in [5.41, 5.74) is 13.7. The Balaban J connectivity index is 1.08. The highest BCUT2D eigenvalue weighted by molar-refractivity contribution is 7.26. The summed E-state index contributed by atoms with van der Waals surface area (Å²) >= 11 is 1.94. The fourth-order valence-electron chi connectivity index (χ4n) is 9.40. The van der Waals surface area contributed by atoms with Crippen LogP contribution in [0.25, 0.3) is 81.1 Å². The molecule has 0 aliphatic heterocycles. The zero-order chi connectivity index (χ0) is 33.3. The van der Waals surface area contributed by atoms with Crippen LogP contribution < -0.4 is 0 Å². The molecule has 0 N–H and O–H groups in total. The topological polar surface area (TPSA) is 4.93 Å². The van der Waals surface area contributed by atoms with Crippen molar-refractivity contribution in [3.8, 4) is 16.8 Å². The lowest BCUT2D eigenvalue weighted by Crippen LogP contribution is -2.16. The van der Waals surface area contributed by atoms with Crippen molar-refractivity contribution in [3.05, 3.63) is 161 Å². The van der Waals surface area contributed by atoms with Crippen molar-refractivity contribution in [1.82, 2.24) is 4.57 Å². The van der Waals surface area contributed by atoms with Crippen LogP contribution in [-0.4, -0.2) is 4.57 Å². The van der Waals surface area contributed by atoms with Crippen LogP contribution in [0.3, 0.4) is 0 Å². The molecule has 0 bridgehead atoms. The van der Waals surface area contributed by atoms with Gasteiger partial charge in [-0.05, 0) is 92.2 Å². The summed E-state index contributed by atoms with van der Waals surface area (Å²) < 4.78 is 5.35. The molecular formula is C48H35NS. The second-order valence-electron chi connectivity index (χ2n) is 15.0. The lowest BCUT2D eigenvalue weighted by molar-refractivity contribution is 0.659. The van der Waals surface area contributed by atoms with Crippen molar-refractivity contribution in [2.45, 2.75) is 38.5 Å². The molecule has 2 heteroatoms. The van der Waals surface area contributed by atoms with E-state index in [9.17, 15) is 0 Å². The fourth-order valence-corrected chi connectivity index (χ4v) is 10.7. The van der Waals surface area contributed by atoms with Crippen molar-refractivity contribution in [2.24, 2.45) is 0 Å². The minimum atomic E-state index is -0.0891. The summed E-state index contributed by atoms with van der Waals surface area (Å²) in [7, 11) is 0. The molecule has 2 aromatic heterocycles. The number of fused-ring (bicyclic) bond motifs is 13. The third-order valence-electron chi connectivity index (χ3n) is 11.8. The van der Waals surface area contributed by atoms with E-state index in [0.29, 0.717) is 5.92 Å². The Bertz CT molecular complexity index is 2950. The Kier molecular flexibility index (Phi) is 5.72. The van der Waals surface area contributed by atoms with Gasteiger partial charge in [-0.2, -0.15) is 0 Å². The molecule has 0 fully saturated rings. The summed E-state index contributed by atoms with van der Waals surface area (Å²) in [6.45, 7) is 7.24. The third-order valence-corrected chi connectivity index (χ3v) is 13.0. The van der Waals surface area contributed by atoms with Gasteiger partial charge in [0.2, 0.25) is 0 Å². The smallest absolute Gasteiger partial charge is 0.0537 e. The van der Waals surface area contributed by atoms with E-state index in [1.807, 2.05) is 11.3 Å². The first-order valence-electron chi connectivity index (χ1n) is 17.8. The Morgan fingerprint density at radius 3 is 2.28 bits per heavy atom. The summed E-state index contributed by atoms with van der Waals surface area (Å²) in [6.07, 6.45) is 3.50. The molecule has 2 aliphatic carbocycles. The highest BCUT2D eigenvalue weighted by atomic mass is 32.1. The van der Waals surface area contributed by atoms with E-state index in [4.69, 9.17) is 0 Å². The van der Waals surface area contributed by atoms with Gasteiger partial charge in [-0.25, -0.2) is 0 Å². The quantitative estimate of drug-likeness (QED) is 0.163. The number of nitrogens with zero attached hydrogens (tertiary/aromatic N) is 1. The molecule has 0 amide bonds. The van der Waals surface area contributed by atoms with Gasteiger partial charge in [0.25, 0.3) is 0 Å². The zero-order valence-electron chi connectivity index (χ0n) is 28.4. The average molecular weight is 658 g/mol. The van der Waals surface area contributed by atoms with Gasteiger partial charge in [-0.15, -0.1) is 11.3 Å². The van der Waals surface area contributed by atoms with E-state index in [1.54, 1.807) is 0 Å². The lowest BCUT2D eigenvalue weighted by Gasteiger charge is -2.25. The Morgan fingerprint density at radius 1 is 0.640 bits per heavy atom. The molecule has 0 radical (unpaired) electrons. The maximum Gasteiger partial charge on any atom is 0.0537 e. The van der Waals surface area contributed by atoms with Gasteiger partial charge < -0.3 is 4.57 Å². The van der Waals surface area contributed by atoms with Crippen LogP contribution in [0.1, 0.15) is 61.1 Å². The predicted octanol–water partition coefficient (Wildman–Crippen LogP) is 13.7. The predicted molar refractivity (Wildman–Crippen MR) is 216 cm³/mol. The number of aromatic nitrogens is 1. The molecule has 7 aromatic carbocycles. The second kappa shape index (κ2) is 10.1. The van der Waals surface area contributed by atoms with E-state index in [2.05, 4.69) is 165 Å². The molecule has 238 valence electrons. The van der Waals surface area contributed by atoms with Gasteiger partial charge in [0.1, 0.15) is 0 Å². The first kappa shape index (κ1) is 28.4. The molecule has 11 rings (SSSR count). The van der Waals surface area contributed by atoms with Gasteiger partial charge in [0, 0.05) is 59.4 Å². The third kappa shape index (κ3) is 3.77. The van der Waals surface area contributed by atoms with Crippen molar-refractivity contribution in [2.75, 3.05) is 0 Å². The molecule has 2 aliphatic rings. The highest BCUT2D eigenvalue weighted by Gasteiger charge is 2.38. The molecule has 50 heavy (non-hydrogen) atoms. The SMILES string of the molecule is CC1CC(c2ccc3c(ccc4ccccc43)c2)=Cc2c1n(-c1ccc3c(c1)C(C)(C)c1ccc4c(sc5ccccc54)c1-3)c1ccccc21. The van der Waals surface area contributed by atoms with E-state index < -0.39 is 0 Å². The number of thiophene rings is 1. The average Bonchev–Trinajstić information content (AvgIpc) is 3.77. The fraction of sp³-hybridized carbons (Fsp3) is 0.125. The minimum Gasteiger partial charge on any atom is -0.313 e. The summed E-state index contributed by atoms with van der Waals surface area (Å²) in [4.78, 5) is 0. The molecule has 0 saturated heterocycles. The Hall–Kier alpha value is -5.44. The van der Waals surface area contributed by atoms with E-state index in [1.165, 1.54) is 103 Å². The van der Waals surface area contributed by atoms with Crippen LogP contribution in [0.2, 0.25) is 0 Å². The first-order chi connectivity index (χ1) is 24.5. The van der Waals surface area contributed by atoms with Gasteiger partial charge in [0.05, 0.1) is 5.52 Å². The molecule has 0 saturated carbocycles. The van der Waals surface area contributed by atoms with Crippen molar-refractivity contribution < 1.29 is 0 Å². The van der Waals surface area contributed by atoms with E-state index in [-0.39, 0.29) is 5.41 Å². The van der Waals surface area contributed by atoms with Gasteiger partial charge in [-0.3, -0.25) is 0 Å². The normalized spacial score (nSPS) is 16.3. The van der Waals surface area contributed by atoms with Crippen LogP contribution in [-0.2, 0) is 5.41 Å². The van der Waals surface area contributed by atoms with E-state index in [0.717, 1.165) is 6.42 Å².